The minimum atomic E-state index is -0.172. The van der Waals surface area contributed by atoms with Crippen molar-refractivity contribution in [1.82, 2.24) is 9.80 Å². The molecule has 0 saturated carbocycles. The van der Waals surface area contributed by atoms with Crippen LogP contribution in [0.2, 0.25) is 0 Å². The fourth-order valence-electron chi connectivity index (χ4n) is 5.42. The lowest BCUT2D eigenvalue weighted by Gasteiger charge is -2.35. The van der Waals surface area contributed by atoms with Gasteiger partial charge in [-0.05, 0) is 80.9 Å². The lowest BCUT2D eigenvalue weighted by atomic mass is 9.92. The molecule has 0 radical (unpaired) electrons. The van der Waals surface area contributed by atoms with Crippen LogP contribution < -0.4 is 14.2 Å². The molecule has 2 atom stereocenters. The number of fused-ring (bicyclic) bond motifs is 1. The quantitative estimate of drug-likeness (QED) is 0.531. The second kappa shape index (κ2) is 11.2. The molecular weight excluding hydrogens is 444 g/mol. The number of methoxy groups -OCH3 is 1. The highest BCUT2D eigenvalue weighted by atomic mass is 16.6. The Morgan fingerprint density at radius 3 is 2.51 bits per heavy atom. The molecule has 7 nitrogen and oxygen atoms in total. The summed E-state index contributed by atoms with van der Waals surface area (Å²) in [6, 6.07) is 16.1. The van der Waals surface area contributed by atoms with Crippen molar-refractivity contribution in [3.8, 4) is 17.2 Å². The van der Waals surface area contributed by atoms with Crippen LogP contribution in [-0.2, 0) is 11.2 Å². The lowest BCUT2D eigenvalue weighted by Crippen LogP contribution is -2.44. The van der Waals surface area contributed by atoms with Crippen molar-refractivity contribution in [1.29, 1.82) is 0 Å². The molecule has 3 heterocycles. The van der Waals surface area contributed by atoms with Crippen molar-refractivity contribution in [2.75, 3.05) is 46.5 Å². The molecule has 2 aromatic carbocycles. The molecule has 3 aliphatic rings. The third-order valence-electron chi connectivity index (χ3n) is 7.45. The van der Waals surface area contributed by atoms with E-state index in [0.717, 1.165) is 62.7 Å². The van der Waals surface area contributed by atoms with E-state index in [0.29, 0.717) is 19.1 Å². The molecular formula is C28H36N2O5. The molecule has 1 amide bonds. The second-order valence-corrected chi connectivity index (χ2v) is 9.86. The topological polar surface area (TPSA) is 60.5 Å². The van der Waals surface area contributed by atoms with Crippen LogP contribution in [0.25, 0.3) is 0 Å². The van der Waals surface area contributed by atoms with Gasteiger partial charge in [0, 0.05) is 13.1 Å². The van der Waals surface area contributed by atoms with Gasteiger partial charge in [0.2, 0.25) is 0 Å². The van der Waals surface area contributed by atoms with Gasteiger partial charge in [0.05, 0.1) is 13.2 Å². The number of ether oxygens (including phenoxy) is 4. The van der Waals surface area contributed by atoms with Crippen molar-refractivity contribution in [3.63, 3.8) is 0 Å². The standard InChI is InChI=1S/C28H36N2O5/c1-32-24-10-8-22(9-11-24)17-23-19-34-28(31)30(23)14-4-5-21-12-15-29(16-13-21)18-25-20-33-26-6-2-3-7-27(26)35-25/h2-3,6-11,21,23,25H,4-5,12-20H2,1H3/t23-,25-/m0/s1. The largest absolute Gasteiger partial charge is 0.497 e. The zero-order valence-corrected chi connectivity index (χ0v) is 20.6. The number of nitrogens with zero attached hydrogens (tertiary/aromatic N) is 2. The van der Waals surface area contributed by atoms with Crippen LogP contribution in [0, 0.1) is 5.92 Å². The summed E-state index contributed by atoms with van der Waals surface area (Å²) in [6.07, 6.45) is 5.30. The van der Waals surface area contributed by atoms with E-state index in [4.69, 9.17) is 18.9 Å². The first-order chi connectivity index (χ1) is 17.2. The SMILES string of the molecule is COc1ccc(C[C@H]2COC(=O)N2CCCC2CCN(C[C@H]3COc4ccccc4O3)CC2)cc1. The smallest absolute Gasteiger partial charge is 0.410 e. The average molecular weight is 481 g/mol. The molecule has 0 unspecified atom stereocenters. The number of para-hydroxylation sites is 2. The summed E-state index contributed by atoms with van der Waals surface area (Å²) in [7, 11) is 1.67. The summed E-state index contributed by atoms with van der Waals surface area (Å²) in [5.74, 6) is 3.26. The third kappa shape index (κ3) is 6.01. The van der Waals surface area contributed by atoms with Crippen LogP contribution in [-0.4, -0.2) is 74.5 Å². The van der Waals surface area contributed by atoms with Gasteiger partial charge >= 0.3 is 6.09 Å². The Labute approximate surface area is 207 Å². The van der Waals surface area contributed by atoms with Crippen molar-refractivity contribution < 1.29 is 23.7 Å². The maximum Gasteiger partial charge on any atom is 0.410 e. The third-order valence-corrected chi connectivity index (χ3v) is 7.45. The fourth-order valence-corrected chi connectivity index (χ4v) is 5.42. The Kier molecular flexibility index (Phi) is 7.62. The first kappa shape index (κ1) is 23.8. The van der Waals surface area contributed by atoms with Gasteiger partial charge in [-0.15, -0.1) is 0 Å². The predicted octanol–water partition coefficient (Wildman–Crippen LogP) is 4.39. The number of rotatable bonds is 9. The number of benzene rings is 2. The Morgan fingerprint density at radius 1 is 0.971 bits per heavy atom. The van der Waals surface area contributed by atoms with Gasteiger partial charge in [0.1, 0.15) is 25.1 Å². The summed E-state index contributed by atoms with van der Waals surface area (Å²) in [4.78, 5) is 16.8. The minimum absolute atomic E-state index is 0.0882. The van der Waals surface area contributed by atoms with Crippen LogP contribution in [0.1, 0.15) is 31.2 Å². The number of carbonyl (C=O) groups excluding carboxylic acids is 1. The molecule has 5 rings (SSSR count). The van der Waals surface area contributed by atoms with Gasteiger partial charge in [-0.1, -0.05) is 24.3 Å². The van der Waals surface area contributed by atoms with Crippen LogP contribution >= 0.6 is 0 Å². The van der Waals surface area contributed by atoms with Gasteiger partial charge in [-0.2, -0.15) is 0 Å². The maximum absolute atomic E-state index is 12.3. The summed E-state index contributed by atoms with van der Waals surface area (Å²) in [5.41, 5.74) is 1.20. The van der Waals surface area contributed by atoms with Crippen LogP contribution in [0.4, 0.5) is 4.79 Å². The maximum atomic E-state index is 12.3. The normalized spacial score (nSPS) is 22.8. The van der Waals surface area contributed by atoms with Crippen LogP contribution in [0.15, 0.2) is 48.5 Å². The second-order valence-electron chi connectivity index (χ2n) is 9.86. The first-order valence-electron chi connectivity index (χ1n) is 12.8. The van der Waals surface area contributed by atoms with Gasteiger partial charge in [0.25, 0.3) is 0 Å². The van der Waals surface area contributed by atoms with E-state index >= 15 is 0 Å². The average Bonchev–Trinajstić information content (AvgIpc) is 3.24. The number of amides is 1. The van der Waals surface area contributed by atoms with Gasteiger partial charge < -0.3 is 23.8 Å². The van der Waals surface area contributed by atoms with Gasteiger partial charge in [-0.25, -0.2) is 4.79 Å². The summed E-state index contributed by atoms with van der Waals surface area (Å²) < 4.78 is 22.6. The molecule has 2 aromatic rings. The molecule has 0 aliphatic carbocycles. The van der Waals surface area contributed by atoms with E-state index in [-0.39, 0.29) is 18.2 Å². The zero-order valence-electron chi connectivity index (χ0n) is 20.6. The number of cyclic esters (lactones) is 1. The molecule has 7 heteroatoms. The first-order valence-corrected chi connectivity index (χ1v) is 12.8. The Morgan fingerprint density at radius 2 is 1.74 bits per heavy atom. The fraction of sp³-hybridized carbons (Fsp3) is 0.536. The number of hydrogen-bond acceptors (Lipinski definition) is 6. The van der Waals surface area contributed by atoms with E-state index in [1.54, 1.807) is 7.11 Å². The van der Waals surface area contributed by atoms with E-state index in [2.05, 4.69) is 17.0 Å². The monoisotopic (exact) mass is 480 g/mol. The molecule has 0 aromatic heterocycles. The molecule has 35 heavy (non-hydrogen) atoms. The van der Waals surface area contributed by atoms with Crippen molar-refractivity contribution in [2.24, 2.45) is 5.92 Å². The molecule has 2 fully saturated rings. The Bertz CT molecular complexity index is 974. The summed E-state index contributed by atoms with van der Waals surface area (Å²) in [6.45, 7) is 4.96. The van der Waals surface area contributed by atoms with Crippen molar-refractivity contribution >= 4 is 6.09 Å². The van der Waals surface area contributed by atoms with Crippen LogP contribution in [0.3, 0.4) is 0 Å². The number of hydrogen-bond donors (Lipinski definition) is 0. The summed E-state index contributed by atoms with van der Waals surface area (Å²) >= 11 is 0. The highest BCUT2D eigenvalue weighted by molar-refractivity contribution is 5.70. The Hall–Kier alpha value is -2.93. The molecule has 188 valence electrons. The lowest BCUT2D eigenvalue weighted by molar-refractivity contribution is 0.0469. The molecule has 0 spiro atoms. The van der Waals surface area contributed by atoms with Gasteiger partial charge in [0.15, 0.2) is 11.5 Å². The summed E-state index contributed by atoms with van der Waals surface area (Å²) in [5, 5.41) is 0. The zero-order chi connectivity index (χ0) is 24.0. The highest BCUT2D eigenvalue weighted by Gasteiger charge is 2.33. The van der Waals surface area contributed by atoms with E-state index in [1.807, 2.05) is 41.3 Å². The van der Waals surface area contributed by atoms with E-state index in [9.17, 15) is 4.79 Å². The molecule has 3 aliphatic heterocycles. The minimum Gasteiger partial charge on any atom is -0.497 e. The predicted molar refractivity (Wildman–Crippen MR) is 133 cm³/mol. The van der Waals surface area contributed by atoms with Crippen LogP contribution in [0.5, 0.6) is 17.2 Å². The van der Waals surface area contributed by atoms with Gasteiger partial charge in [-0.3, -0.25) is 4.90 Å². The number of likely N-dealkylation sites (tertiary alicyclic amines) is 1. The van der Waals surface area contributed by atoms with Crippen molar-refractivity contribution in [2.45, 2.75) is 44.2 Å². The van der Waals surface area contributed by atoms with E-state index < -0.39 is 0 Å². The Balaban J connectivity index is 1.02. The molecule has 2 saturated heterocycles. The number of carbonyl (C=O) groups is 1. The van der Waals surface area contributed by atoms with E-state index in [1.165, 1.54) is 18.4 Å². The number of piperidine rings is 1. The highest BCUT2D eigenvalue weighted by Crippen LogP contribution is 2.31. The molecule has 0 N–H and O–H groups in total. The van der Waals surface area contributed by atoms with Crippen molar-refractivity contribution in [3.05, 3.63) is 54.1 Å². The molecule has 0 bridgehead atoms.